The fourth-order valence-corrected chi connectivity index (χ4v) is 3.85. The molecule has 0 saturated heterocycles. The van der Waals surface area contributed by atoms with E-state index >= 15 is 0 Å². The molecule has 1 N–H and O–H groups in total. The predicted octanol–water partition coefficient (Wildman–Crippen LogP) is 5.06. The van der Waals surface area contributed by atoms with E-state index in [1.165, 1.54) is 12.7 Å². The maximum absolute atomic E-state index is 11.3. The highest BCUT2D eigenvalue weighted by Gasteiger charge is 2.20. The van der Waals surface area contributed by atoms with E-state index in [-0.39, 0.29) is 12.6 Å². The molecule has 0 fully saturated rings. The van der Waals surface area contributed by atoms with Crippen LogP contribution >= 0.6 is 11.6 Å². The Morgan fingerprint density at radius 2 is 1.73 bits per heavy atom. The number of hydrogen-bond acceptors (Lipinski definition) is 5. The summed E-state index contributed by atoms with van der Waals surface area (Å²) in [5, 5.41) is 11.5. The number of esters is 1. The topological polar surface area (TPSA) is 59.0 Å². The highest BCUT2D eigenvalue weighted by molar-refractivity contribution is 6.30. The normalized spacial score (nSPS) is 12.9. The van der Waals surface area contributed by atoms with E-state index in [1.807, 2.05) is 60.7 Å². The van der Waals surface area contributed by atoms with Crippen molar-refractivity contribution in [1.82, 2.24) is 4.90 Å². The molecular weight excluding hydrogens is 438 g/mol. The second kappa shape index (κ2) is 12.4. The van der Waals surface area contributed by atoms with Crippen LogP contribution in [0.5, 0.6) is 5.75 Å². The molecule has 0 aliphatic heterocycles. The molecule has 3 aromatic rings. The zero-order chi connectivity index (χ0) is 23.6. The van der Waals surface area contributed by atoms with Crippen molar-refractivity contribution in [3.63, 3.8) is 0 Å². The molecule has 0 radical (unpaired) electrons. The Kier molecular flexibility index (Phi) is 9.31. The first-order valence-corrected chi connectivity index (χ1v) is 11.3. The minimum atomic E-state index is -0.649. The van der Waals surface area contributed by atoms with Crippen LogP contribution in [0.15, 0.2) is 78.9 Å². The second-order valence-electron chi connectivity index (χ2n) is 8.05. The average molecular weight is 468 g/mol. The first kappa shape index (κ1) is 24.8. The van der Waals surface area contributed by atoms with Gasteiger partial charge in [0.25, 0.3) is 0 Å². The lowest BCUT2D eigenvalue weighted by Gasteiger charge is -2.31. The summed E-state index contributed by atoms with van der Waals surface area (Å²) in [5.41, 5.74) is 3.14. The van der Waals surface area contributed by atoms with Crippen molar-refractivity contribution in [2.75, 3.05) is 20.3 Å². The minimum absolute atomic E-state index is 0.113. The van der Waals surface area contributed by atoms with Gasteiger partial charge in [-0.25, -0.2) is 4.79 Å². The van der Waals surface area contributed by atoms with Crippen LogP contribution in [-0.2, 0) is 22.5 Å². The molecule has 0 bridgehead atoms. The average Bonchev–Trinajstić information content (AvgIpc) is 2.83. The molecule has 0 aliphatic carbocycles. The van der Waals surface area contributed by atoms with Crippen LogP contribution in [0.1, 0.15) is 29.7 Å². The second-order valence-corrected chi connectivity index (χ2v) is 8.48. The summed E-state index contributed by atoms with van der Waals surface area (Å²) in [4.78, 5) is 13.5. The van der Waals surface area contributed by atoms with Crippen molar-refractivity contribution in [2.24, 2.45) is 0 Å². The lowest BCUT2D eigenvalue weighted by molar-refractivity contribution is -0.142. The quantitative estimate of drug-likeness (QED) is 0.399. The lowest BCUT2D eigenvalue weighted by atomic mass is 10.0. The largest absolute Gasteiger partial charge is 0.482 e. The molecule has 33 heavy (non-hydrogen) atoms. The zero-order valence-corrected chi connectivity index (χ0v) is 19.7. The minimum Gasteiger partial charge on any atom is -0.482 e. The van der Waals surface area contributed by atoms with Crippen LogP contribution < -0.4 is 4.74 Å². The van der Waals surface area contributed by atoms with E-state index in [0.29, 0.717) is 17.3 Å². The zero-order valence-electron chi connectivity index (χ0n) is 19.0. The fraction of sp³-hybridized carbons (Fsp3) is 0.296. The number of nitrogens with zero attached hydrogens (tertiary/aromatic N) is 1. The van der Waals surface area contributed by atoms with Crippen LogP contribution in [0.3, 0.4) is 0 Å². The van der Waals surface area contributed by atoms with Gasteiger partial charge in [0.05, 0.1) is 13.2 Å². The summed E-state index contributed by atoms with van der Waals surface area (Å²) in [6.45, 7) is 3.25. The van der Waals surface area contributed by atoms with Crippen LogP contribution in [-0.4, -0.2) is 42.3 Å². The molecule has 0 aliphatic rings. The molecule has 174 valence electrons. The number of aliphatic hydroxyl groups excluding tert-OH is 1. The molecule has 0 saturated carbocycles. The molecular formula is C27H30ClNO4. The van der Waals surface area contributed by atoms with Gasteiger partial charge in [-0.2, -0.15) is 0 Å². The molecule has 2 unspecified atom stereocenters. The first-order valence-electron chi connectivity index (χ1n) is 10.9. The van der Waals surface area contributed by atoms with Crippen LogP contribution in [0.25, 0.3) is 0 Å². The molecule has 0 amide bonds. The summed E-state index contributed by atoms with van der Waals surface area (Å²) in [7, 11) is 1.33. The Labute approximate surface area is 200 Å². The van der Waals surface area contributed by atoms with Crippen molar-refractivity contribution < 1.29 is 19.4 Å². The van der Waals surface area contributed by atoms with Crippen molar-refractivity contribution in [3.8, 4) is 5.75 Å². The van der Waals surface area contributed by atoms with Crippen molar-refractivity contribution >= 4 is 17.6 Å². The molecule has 3 aromatic carbocycles. The van der Waals surface area contributed by atoms with Crippen LogP contribution in [0.2, 0.25) is 5.02 Å². The number of ether oxygens (including phenoxy) is 2. The third kappa shape index (κ3) is 7.90. The third-order valence-corrected chi connectivity index (χ3v) is 5.77. The van der Waals surface area contributed by atoms with Crippen molar-refractivity contribution in [2.45, 2.75) is 32.0 Å². The summed E-state index contributed by atoms with van der Waals surface area (Å²) < 4.78 is 10.0. The number of aliphatic hydroxyl groups is 1. The maximum Gasteiger partial charge on any atom is 0.343 e. The smallest absolute Gasteiger partial charge is 0.343 e. The monoisotopic (exact) mass is 467 g/mol. The number of carbonyl (C=O) groups is 1. The summed E-state index contributed by atoms with van der Waals surface area (Å²) in [6, 6.07) is 25.5. The lowest BCUT2D eigenvalue weighted by Crippen LogP contribution is -2.37. The molecule has 3 rings (SSSR count). The van der Waals surface area contributed by atoms with E-state index in [4.69, 9.17) is 16.3 Å². The number of methoxy groups -OCH3 is 1. The highest BCUT2D eigenvalue weighted by atomic mass is 35.5. The summed E-state index contributed by atoms with van der Waals surface area (Å²) in [6.07, 6.45) is 0.149. The third-order valence-electron chi connectivity index (χ3n) is 5.53. The number of halogens is 1. The van der Waals surface area contributed by atoms with Crippen molar-refractivity contribution in [1.29, 1.82) is 0 Å². The van der Waals surface area contributed by atoms with Crippen molar-refractivity contribution in [3.05, 3.63) is 101 Å². The SMILES string of the molecule is COC(=O)COc1ccc(CC(C)N(Cc2ccccc2)CC(O)c2cccc(Cl)c2)cc1. The van der Waals surface area contributed by atoms with Gasteiger partial charge in [0.15, 0.2) is 6.61 Å². The van der Waals surface area contributed by atoms with Gasteiger partial charge < -0.3 is 14.6 Å². The maximum atomic E-state index is 11.3. The van der Waals surface area contributed by atoms with E-state index in [9.17, 15) is 9.90 Å². The number of rotatable bonds is 11. The molecule has 0 spiro atoms. The van der Waals surface area contributed by atoms with E-state index < -0.39 is 12.1 Å². The first-order chi connectivity index (χ1) is 15.9. The summed E-state index contributed by atoms with van der Waals surface area (Å²) in [5.74, 6) is 0.205. The predicted molar refractivity (Wildman–Crippen MR) is 130 cm³/mol. The van der Waals surface area contributed by atoms with Gasteiger partial charge in [0.2, 0.25) is 0 Å². The Morgan fingerprint density at radius 3 is 2.39 bits per heavy atom. The Balaban J connectivity index is 1.69. The Morgan fingerprint density at radius 1 is 1.00 bits per heavy atom. The molecule has 6 heteroatoms. The molecule has 0 heterocycles. The number of carbonyl (C=O) groups excluding carboxylic acids is 1. The van der Waals surface area contributed by atoms with E-state index in [1.54, 1.807) is 6.07 Å². The van der Waals surface area contributed by atoms with Gasteiger partial charge in [-0.05, 0) is 54.3 Å². The van der Waals surface area contributed by atoms with Gasteiger partial charge >= 0.3 is 5.97 Å². The van der Waals surface area contributed by atoms with Gasteiger partial charge in [-0.1, -0.05) is 66.2 Å². The van der Waals surface area contributed by atoms with Gasteiger partial charge in [-0.15, -0.1) is 0 Å². The molecule has 5 nitrogen and oxygen atoms in total. The van der Waals surface area contributed by atoms with Crippen LogP contribution in [0.4, 0.5) is 0 Å². The standard InChI is InChI=1S/C27H30ClNO4/c1-20(15-21-11-13-25(14-12-21)33-19-27(31)32-2)29(17-22-7-4-3-5-8-22)18-26(30)23-9-6-10-24(28)16-23/h3-14,16,20,26,30H,15,17-19H2,1-2H3. The molecule has 0 aromatic heterocycles. The van der Waals surface area contributed by atoms with E-state index in [2.05, 4.69) is 28.7 Å². The Bertz CT molecular complexity index is 1010. The molecule has 2 atom stereocenters. The fourth-order valence-electron chi connectivity index (χ4n) is 3.65. The highest BCUT2D eigenvalue weighted by Crippen LogP contribution is 2.22. The van der Waals surface area contributed by atoms with Gasteiger partial charge in [0.1, 0.15) is 5.75 Å². The Hall–Kier alpha value is -2.86. The van der Waals surface area contributed by atoms with Gasteiger partial charge in [-0.3, -0.25) is 4.90 Å². The van der Waals surface area contributed by atoms with Crippen LogP contribution in [0, 0.1) is 0 Å². The van der Waals surface area contributed by atoms with E-state index in [0.717, 1.165) is 24.1 Å². The van der Waals surface area contributed by atoms with Gasteiger partial charge in [0, 0.05) is 24.2 Å². The summed E-state index contributed by atoms with van der Waals surface area (Å²) >= 11 is 6.13. The number of benzene rings is 3. The number of hydrogen-bond donors (Lipinski definition) is 1.